The summed E-state index contributed by atoms with van der Waals surface area (Å²) in [6.45, 7) is 4.26. The average molecular weight is 278 g/mol. The van der Waals surface area contributed by atoms with Crippen LogP contribution in [0.3, 0.4) is 0 Å². The molecule has 1 aliphatic rings. The summed E-state index contributed by atoms with van der Waals surface area (Å²) in [5.74, 6) is 3.13. The smallest absolute Gasteiger partial charge is 0.229 e. The van der Waals surface area contributed by atoms with Gasteiger partial charge in [0.25, 0.3) is 0 Å². The van der Waals surface area contributed by atoms with Crippen LogP contribution in [0.4, 0.5) is 0 Å². The summed E-state index contributed by atoms with van der Waals surface area (Å²) in [5.41, 5.74) is 0. The molecule has 3 heteroatoms. The average Bonchev–Trinajstić information content (AvgIpc) is 2.86. The highest BCUT2D eigenvalue weighted by atomic mass is 16.5. The van der Waals surface area contributed by atoms with Gasteiger partial charge in [-0.25, -0.2) is 0 Å². The van der Waals surface area contributed by atoms with Gasteiger partial charge in [-0.3, -0.25) is 0 Å². The van der Waals surface area contributed by atoms with E-state index in [1.807, 2.05) is 6.92 Å². The Hall–Kier alpha value is -0.860. The van der Waals surface area contributed by atoms with Gasteiger partial charge in [0.15, 0.2) is 5.82 Å². The third kappa shape index (κ3) is 4.92. The molecule has 1 saturated carbocycles. The van der Waals surface area contributed by atoms with Crippen LogP contribution in [-0.2, 0) is 0 Å². The number of hydrogen-bond donors (Lipinski definition) is 0. The predicted molar refractivity (Wildman–Crippen MR) is 81.7 cm³/mol. The zero-order valence-corrected chi connectivity index (χ0v) is 13.2. The van der Waals surface area contributed by atoms with Gasteiger partial charge in [-0.1, -0.05) is 69.9 Å². The lowest BCUT2D eigenvalue weighted by Gasteiger charge is -2.18. The Bertz CT molecular complexity index is 361. The predicted octanol–water partition coefficient (Wildman–Crippen LogP) is 5.40. The van der Waals surface area contributed by atoms with Crippen molar-refractivity contribution < 1.29 is 4.52 Å². The van der Waals surface area contributed by atoms with Crippen LogP contribution in [0.25, 0.3) is 0 Å². The number of rotatable bonds is 2. The highest BCUT2D eigenvalue weighted by Gasteiger charge is 2.18. The molecule has 0 radical (unpaired) electrons. The second-order valence-corrected chi connectivity index (χ2v) is 6.43. The van der Waals surface area contributed by atoms with E-state index in [1.54, 1.807) is 0 Å². The van der Waals surface area contributed by atoms with Crippen molar-refractivity contribution in [1.82, 2.24) is 10.1 Å². The first-order valence-electron chi connectivity index (χ1n) is 8.59. The molecule has 0 unspecified atom stereocenters. The molecule has 114 valence electrons. The maximum Gasteiger partial charge on any atom is 0.229 e. The van der Waals surface area contributed by atoms with Crippen molar-refractivity contribution in [1.29, 1.82) is 0 Å². The molecule has 0 saturated heterocycles. The molecule has 1 aliphatic carbocycles. The van der Waals surface area contributed by atoms with Crippen molar-refractivity contribution in [3.8, 4) is 0 Å². The number of nitrogens with zero attached hydrogens (tertiary/aromatic N) is 2. The first kappa shape index (κ1) is 15.5. The maximum absolute atomic E-state index is 5.40. The number of aryl methyl sites for hydroxylation is 1. The lowest BCUT2D eigenvalue weighted by molar-refractivity contribution is 0.320. The van der Waals surface area contributed by atoms with Crippen LogP contribution in [0.15, 0.2) is 4.52 Å². The van der Waals surface area contributed by atoms with Gasteiger partial charge >= 0.3 is 0 Å². The summed E-state index contributed by atoms with van der Waals surface area (Å²) in [7, 11) is 0. The van der Waals surface area contributed by atoms with Crippen LogP contribution in [-0.4, -0.2) is 10.1 Å². The first-order chi connectivity index (χ1) is 9.79. The van der Waals surface area contributed by atoms with E-state index in [-0.39, 0.29) is 0 Å². The Morgan fingerprint density at radius 1 is 0.950 bits per heavy atom. The Balaban J connectivity index is 1.87. The van der Waals surface area contributed by atoms with Crippen LogP contribution in [0.5, 0.6) is 0 Å². The molecule has 0 aliphatic heterocycles. The van der Waals surface area contributed by atoms with Crippen LogP contribution >= 0.6 is 0 Å². The molecule has 0 spiro atoms. The molecule has 1 heterocycles. The van der Waals surface area contributed by atoms with Crippen LogP contribution in [0, 0.1) is 12.8 Å². The molecule has 0 bridgehead atoms. The molecular formula is C17H30N2O. The maximum atomic E-state index is 5.40. The largest absolute Gasteiger partial charge is 0.339 e. The van der Waals surface area contributed by atoms with Crippen molar-refractivity contribution in [3.05, 3.63) is 11.7 Å². The molecule has 0 N–H and O–H groups in total. The molecule has 20 heavy (non-hydrogen) atoms. The van der Waals surface area contributed by atoms with Crippen LogP contribution in [0.2, 0.25) is 0 Å². The second kappa shape index (κ2) is 8.43. The SMILES string of the molecule is CCC1CCCCCC(c2nc(C)no2)CCCCC1. The third-order valence-corrected chi connectivity index (χ3v) is 4.80. The minimum Gasteiger partial charge on any atom is -0.339 e. The first-order valence-corrected chi connectivity index (χ1v) is 8.59. The highest BCUT2D eigenvalue weighted by Crippen LogP contribution is 2.29. The summed E-state index contributed by atoms with van der Waals surface area (Å²) < 4.78 is 5.40. The lowest BCUT2D eigenvalue weighted by Crippen LogP contribution is -2.04. The molecule has 0 aromatic carbocycles. The molecule has 2 rings (SSSR count). The summed E-state index contributed by atoms with van der Waals surface area (Å²) in [6.07, 6.45) is 14.8. The summed E-state index contributed by atoms with van der Waals surface area (Å²) in [6, 6.07) is 0. The monoisotopic (exact) mass is 278 g/mol. The van der Waals surface area contributed by atoms with Crippen molar-refractivity contribution in [3.63, 3.8) is 0 Å². The van der Waals surface area contributed by atoms with Gasteiger partial charge in [-0.15, -0.1) is 0 Å². The van der Waals surface area contributed by atoms with Gasteiger partial charge in [-0.05, 0) is 25.7 Å². The van der Waals surface area contributed by atoms with Crippen LogP contribution < -0.4 is 0 Å². The lowest BCUT2D eigenvalue weighted by atomic mass is 9.88. The van der Waals surface area contributed by atoms with E-state index in [9.17, 15) is 0 Å². The Morgan fingerprint density at radius 3 is 2.05 bits per heavy atom. The molecule has 0 amide bonds. The molecule has 3 nitrogen and oxygen atoms in total. The topological polar surface area (TPSA) is 38.9 Å². The van der Waals surface area contributed by atoms with E-state index in [0.717, 1.165) is 17.6 Å². The fourth-order valence-electron chi connectivity index (χ4n) is 3.42. The molecule has 1 aromatic heterocycles. The summed E-state index contributed by atoms with van der Waals surface area (Å²) in [4.78, 5) is 4.45. The second-order valence-electron chi connectivity index (χ2n) is 6.43. The minimum absolute atomic E-state index is 0.498. The number of aromatic nitrogens is 2. The summed E-state index contributed by atoms with van der Waals surface area (Å²) >= 11 is 0. The fraction of sp³-hybridized carbons (Fsp3) is 0.882. The van der Waals surface area contributed by atoms with E-state index in [2.05, 4.69) is 17.1 Å². The van der Waals surface area contributed by atoms with Gasteiger partial charge in [0.05, 0.1) is 0 Å². The van der Waals surface area contributed by atoms with Crippen molar-refractivity contribution in [2.75, 3.05) is 0 Å². The summed E-state index contributed by atoms with van der Waals surface area (Å²) in [5, 5.41) is 3.96. The Morgan fingerprint density at radius 2 is 1.55 bits per heavy atom. The van der Waals surface area contributed by atoms with Crippen molar-refractivity contribution in [2.45, 2.75) is 90.4 Å². The highest BCUT2D eigenvalue weighted by molar-refractivity contribution is 4.92. The van der Waals surface area contributed by atoms with Crippen molar-refractivity contribution >= 4 is 0 Å². The van der Waals surface area contributed by atoms with Crippen molar-refractivity contribution in [2.24, 2.45) is 5.92 Å². The molecular weight excluding hydrogens is 248 g/mol. The van der Waals surface area contributed by atoms with Gasteiger partial charge in [0.2, 0.25) is 5.89 Å². The zero-order valence-electron chi connectivity index (χ0n) is 13.2. The fourth-order valence-corrected chi connectivity index (χ4v) is 3.42. The molecule has 1 aromatic rings. The Kier molecular flexibility index (Phi) is 6.55. The zero-order chi connectivity index (χ0) is 14.2. The standard InChI is InChI=1S/C17H30N2O/c1-3-15-10-6-4-8-12-16(13-9-5-7-11-15)17-18-14(2)19-20-17/h15-16H,3-13H2,1-2H3. The molecule has 0 atom stereocenters. The van der Waals surface area contributed by atoms with Gasteiger partial charge in [0.1, 0.15) is 0 Å². The van der Waals surface area contributed by atoms with E-state index >= 15 is 0 Å². The van der Waals surface area contributed by atoms with Gasteiger partial charge < -0.3 is 4.52 Å². The normalized spacial score (nSPS) is 26.7. The number of hydrogen-bond acceptors (Lipinski definition) is 3. The Labute approximate surface area is 123 Å². The van der Waals surface area contributed by atoms with E-state index in [1.165, 1.54) is 70.6 Å². The van der Waals surface area contributed by atoms with E-state index < -0.39 is 0 Å². The molecule has 1 fully saturated rings. The van der Waals surface area contributed by atoms with E-state index in [4.69, 9.17) is 4.52 Å². The van der Waals surface area contributed by atoms with Gasteiger partial charge in [0, 0.05) is 5.92 Å². The minimum atomic E-state index is 0.498. The van der Waals surface area contributed by atoms with Gasteiger partial charge in [-0.2, -0.15) is 4.98 Å². The quantitative estimate of drug-likeness (QED) is 0.726. The third-order valence-electron chi connectivity index (χ3n) is 4.80. The van der Waals surface area contributed by atoms with E-state index in [0.29, 0.717) is 5.92 Å². The van der Waals surface area contributed by atoms with Crippen LogP contribution in [0.1, 0.15) is 95.2 Å².